The third-order valence-corrected chi connectivity index (χ3v) is 4.67. The number of anilines is 2. The fraction of sp³-hybridized carbons (Fsp3) is 0.0417. The van der Waals surface area contributed by atoms with Crippen LogP contribution in [0.1, 0.15) is 28.4 Å². The van der Waals surface area contributed by atoms with Crippen LogP contribution < -0.4 is 16.2 Å². The lowest BCUT2D eigenvalue weighted by molar-refractivity contribution is 0.225. The number of rotatable bonds is 6. The van der Waals surface area contributed by atoms with Crippen molar-refractivity contribution in [3.63, 3.8) is 0 Å². The molecule has 0 saturated carbocycles. The maximum atomic E-state index is 6.38. The summed E-state index contributed by atoms with van der Waals surface area (Å²) in [7, 11) is 0. The van der Waals surface area contributed by atoms with Gasteiger partial charge in [-0.2, -0.15) is 9.97 Å². The van der Waals surface area contributed by atoms with E-state index < -0.39 is 6.10 Å². The molecular formula is C24H22ClN5O. The van der Waals surface area contributed by atoms with Crippen molar-refractivity contribution >= 4 is 35.9 Å². The highest BCUT2D eigenvalue weighted by Gasteiger charge is 2.22. The second-order valence-corrected chi connectivity index (χ2v) is 6.64. The molecule has 1 heterocycles. The highest BCUT2D eigenvalue weighted by Crippen LogP contribution is 2.35. The van der Waals surface area contributed by atoms with E-state index in [2.05, 4.69) is 15.0 Å². The largest absolute Gasteiger partial charge is 0.450 e. The molecule has 0 aliphatic heterocycles. The number of halogens is 1. The molecule has 3 aromatic carbocycles. The van der Waals surface area contributed by atoms with Gasteiger partial charge in [-0.15, -0.1) is 12.4 Å². The summed E-state index contributed by atoms with van der Waals surface area (Å²) >= 11 is 0. The number of aromatic nitrogens is 3. The van der Waals surface area contributed by atoms with Gasteiger partial charge in [-0.1, -0.05) is 78.9 Å². The highest BCUT2D eigenvalue weighted by molar-refractivity contribution is 5.85. The number of nitrogen functional groups attached to an aromatic ring is 2. The van der Waals surface area contributed by atoms with Crippen LogP contribution in [0.2, 0.25) is 0 Å². The Hall–Kier alpha value is -3.90. The third kappa shape index (κ3) is 5.18. The summed E-state index contributed by atoms with van der Waals surface area (Å²) < 4.78 is 6.18. The fourth-order valence-electron chi connectivity index (χ4n) is 3.16. The van der Waals surface area contributed by atoms with E-state index in [4.69, 9.17) is 16.2 Å². The molecule has 1 unspecified atom stereocenters. The zero-order valence-electron chi connectivity index (χ0n) is 16.6. The van der Waals surface area contributed by atoms with Crippen LogP contribution in [-0.2, 0) is 0 Å². The molecule has 1 atom stereocenters. The molecule has 0 saturated heterocycles. The molecule has 0 aliphatic carbocycles. The van der Waals surface area contributed by atoms with E-state index in [1.54, 1.807) is 6.07 Å². The van der Waals surface area contributed by atoms with Crippen molar-refractivity contribution in [3.05, 3.63) is 108 Å². The van der Waals surface area contributed by atoms with E-state index in [1.807, 2.05) is 78.9 Å². The number of nitrogens with two attached hydrogens (primary N) is 2. The Balaban J connectivity index is 0.00000272. The number of nitrogens with zero attached hydrogens (tertiary/aromatic N) is 3. The van der Waals surface area contributed by atoms with Crippen molar-refractivity contribution in [1.82, 2.24) is 15.0 Å². The molecule has 0 aliphatic rings. The van der Waals surface area contributed by atoms with Crippen LogP contribution in [0, 0.1) is 0 Å². The minimum Gasteiger partial charge on any atom is -0.450 e. The van der Waals surface area contributed by atoms with E-state index in [-0.39, 0.29) is 18.4 Å². The Labute approximate surface area is 187 Å². The van der Waals surface area contributed by atoms with Gasteiger partial charge in [0.1, 0.15) is 12.7 Å². The Morgan fingerprint density at radius 3 is 2.10 bits per heavy atom. The topological polar surface area (TPSA) is 99.9 Å². The van der Waals surface area contributed by atoms with Crippen LogP contribution in [0.25, 0.3) is 12.2 Å². The quantitative estimate of drug-likeness (QED) is 0.336. The van der Waals surface area contributed by atoms with Gasteiger partial charge in [-0.25, -0.2) is 4.98 Å². The van der Waals surface area contributed by atoms with Crippen molar-refractivity contribution < 1.29 is 4.74 Å². The lowest BCUT2D eigenvalue weighted by Gasteiger charge is -2.22. The van der Waals surface area contributed by atoms with Gasteiger partial charge in [-0.3, -0.25) is 0 Å². The van der Waals surface area contributed by atoms with E-state index in [0.29, 0.717) is 11.4 Å². The molecular weight excluding hydrogens is 410 g/mol. The lowest BCUT2D eigenvalue weighted by Crippen LogP contribution is -2.14. The fourth-order valence-corrected chi connectivity index (χ4v) is 3.16. The number of hydrogen-bond acceptors (Lipinski definition) is 6. The van der Waals surface area contributed by atoms with Gasteiger partial charge in [-0.05, 0) is 17.2 Å². The summed E-state index contributed by atoms with van der Waals surface area (Å²) in [5.74, 6) is 0. The van der Waals surface area contributed by atoms with Crippen LogP contribution in [0.15, 0.2) is 85.5 Å². The van der Waals surface area contributed by atoms with Crippen molar-refractivity contribution in [2.45, 2.75) is 6.10 Å². The van der Waals surface area contributed by atoms with E-state index in [9.17, 15) is 0 Å². The third-order valence-electron chi connectivity index (χ3n) is 4.67. The molecule has 0 fully saturated rings. The van der Waals surface area contributed by atoms with Gasteiger partial charge < -0.3 is 16.2 Å². The predicted octanol–water partition coefficient (Wildman–Crippen LogP) is 4.80. The molecule has 0 radical (unpaired) electrons. The summed E-state index contributed by atoms with van der Waals surface area (Å²) in [4.78, 5) is 12.1. The SMILES string of the molecule is Cl.Nc1ccc(C(Oc2ncncn2)c2ccccc2)c(C=Cc2ccccc2)c1N. The van der Waals surface area contributed by atoms with Gasteiger partial charge in [0.25, 0.3) is 0 Å². The molecule has 0 amide bonds. The summed E-state index contributed by atoms with van der Waals surface area (Å²) in [6, 6.07) is 23.8. The number of ether oxygens (including phenoxy) is 1. The average molecular weight is 432 g/mol. The van der Waals surface area contributed by atoms with Crippen molar-refractivity contribution in [2.75, 3.05) is 11.5 Å². The smallest absolute Gasteiger partial charge is 0.320 e. The summed E-state index contributed by atoms with van der Waals surface area (Å²) in [6.07, 6.45) is 6.28. The molecule has 1 aromatic heterocycles. The molecule has 156 valence electrons. The van der Waals surface area contributed by atoms with Gasteiger partial charge in [0.2, 0.25) is 0 Å². The molecule has 4 rings (SSSR count). The first-order valence-electron chi connectivity index (χ1n) is 9.47. The van der Waals surface area contributed by atoms with Crippen LogP contribution >= 0.6 is 12.4 Å². The standard InChI is InChI=1S/C24H21N5O.ClH/c25-21-14-13-20(19(22(21)26)12-11-17-7-3-1-4-8-17)23(18-9-5-2-6-10-18)30-24-28-15-27-16-29-24;/h1-16,23H,25-26H2;1H. The number of benzene rings is 3. The zero-order valence-corrected chi connectivity index (χ0v) is 17.4. The molecule has 4 aromatic rings. The monoisotopic (exact) mass is 431 g/mol. The molecule has 0 bridgehead atoms. The first kappa shape index (κ1) is 21.8. The molecule has 4 N–H and O–H groups in total. The minimum absolute atomic E-state index is 0. The molecule has 0 spiro atoms. The Bertz CT molecular complexity index is 1140. The average Bonchev–Trinajstić information content (AvgIpc) is 2.80. The van der Waals surface area contributed by atoms with E-state index in [1.165, 1.54) is 12.7 Å². The minimum atomic E-state index is -0.480. The summed E-state index contributed by atoms with van der Waals surface area (Å²) in [6.45, 7) is 0. The first-order chi connectivity index (χ1) is 14.7. The Morgan fingerprint density at radius 1 is 0.774 bits per heavy atom. The first-order valence-corrected chi connectivity index (χ1v) is 9.47. The van der Waals surface area contributed by atoms with Gasteiger partial charge in [0.05, 0.1) is 11.4 Å². The second-order valence-electron chi connectivity index (χ2n) is 6.64. The van der Waals surface area contributed by atoms with Crippen LogP contribution in [0.3, 0.4) is 0 Å². The van der Waals surface area contributed by atoms with Gasteiger partial charge in [0, 0.05) is 11.1 Å². The Kier molecular flexibility index (Phi) is 7.19. The second kappa shape index (κ2) is 10.2. The maximum absolute atomic E-state index is 6.38. The highest BCUT2D eigenvalue weighted by atomic mass is 35.5. The van der Waals surface area contributed by atoms with Crippen LogP contribution in [0.4, 0.5) is 11.4 Å². The molecule has 6 nitrogen and oxygen atoms in total. The van der Waals surface area contributed by atoms with Crippen molar-refractivity contribution in [1.29, 1.82) is 0 Å². The Morgan fingerprint density at radius 2 is 1.42 bits per heavy atom. The van der Waals surface area contributed by atoms with E-state index >= 15 is 0 Å². The summed E-state index contributed by atoms with van der Waals surface area (Å²) in [5, 5.41) is 0. The lowest BCUT2D eigenvalue weighted by atomic mass is 9.94. The maximum Gasteiger partial charge on any atom is 0.320 e. The zero-order chi connectivity index (χ0) is 20.8. The van der Waals surface area contributed by atoms with Crippen molar-refractivity contribution in [2.24, 2.45) is 0 Å². The predicted molar refractivity (Wildman–Crippen MR) is 127 cm³/mol. The summed E-state index contributed by atoms with van der Waals surface area (Å²) in [5.41, 5.74) is 17.2. The van der Waals surface area contributed by atoms with E-state index in [0.717, 1.165) is 22.3 Å². The molecule has 31 heavy (non-hydrogen) atoms. The van der Waals surface area contributed by atoms with Crippen molar-refractivity contribution in [3.8, 4) is 6.01 Å². The van der Waals surface area contributed by atoms with Crippen LogP contribution in [-0.4, -0.2) is 15.0 Å². The number of hydrogen-bond donors (Lipinski definition) is 2. The molecule has 7 heteroatoms. The van der Waals surface area contributed by atoms with Gasteiger partial charge >= 0.3 is 6.01 Å². The van der Waals surface area contributed by atoms with Crippen LogP contribution in [0.5, 0.6) is 6.01 Å². The normalized spacial score (nSPS) is 11.6. The van der Waals surface area contributed by atoms with Gasteiger partial charge in [0.15, 0.2) is 6.10 Å².